The minimum atomic E-state index is -1.07. The molecule has 0 aliphatic heterocycles. The molecule has 1 N–H and O–H groups in total. The van der Waals surface area contributed by atoms with E-state index in [-0.39, 0.29) is 18.1 Å². The van der Waals surface area contributed by atoms with Crippen molar-refractivity contribution >= 4 is 34.1 Å². The summed E-state index contributed by atoms with van der Waals surface area (Å²) in [7, 11) is 0. The van der Waals surface area contributed by atoms with Crippen LogP contribution in [0.15, 0.2) is 36.9 Å². The third kappa shape index (κ3) is 3.49. The highest BCUT2D eigenvalue weighted by Gasteiger charge is 2.43. The van der Waals surface area contributed by atoms with Crippen LogP contribution in [0, 0.1) is 12.8 Å². The summed E-state index contributed by atoms with van der Waals surface area (Å²) in [6, 6.07) is 5.44. The summed E-state index contributed by atoms with van der Waals surface area (Å²) in [6.45, 7) is 3.90. The molecule has 1 saturated carbocycles. The number of nitrogens with zero attached hydrogens (tertiary/aromatic N) is 5. The van der Waals surface area contributed by atoms with E-state index in [9.17, 15) is 14.0 Å². The first-order chi connectivity index (χ1) is 15.5. The number of halogens is 1. The van der Waals surface area contributed by atoms with E-state index >= 15 is 0 Å². The predicted molar refractivity (Wildman–Crippen MR) is 117 cm³/mol. The molecule has 1 amide bonds. The summed E-state index contributed by atoms with van der Waals surface area (Å²) in [4.78, 5) is 37.4. The predicted octanol–water partition coefficient (Wildman–Crippen LogP) is 3.93. The van der Waals surface area contributed by atoms with Crippen LogP contribution in [0.5, 0.6) is 0 Å². The number of hydrogen-bond acceptors (Lipinski definition) is 6. The van der Waals surface area contributed by atoms with E-state index in [0.717, 1.165) is 28.5 Å². The zero-order valence-electron chi connectivity index (χ0n) is 17.7. The van der Waals surface area contributed by atoms with E-state index in [0.29, 0.717) is 29.1 Å². The molecule has 2 atom stereocenters. The van der Waals surface area contributed by atoms with Crippen molar-refractivity contribution in [1.82, 2.24) is 24.6 Å². The summed E-state index contributed by atoms with van der Waals surface area (Å²) in [6.07, 6.45) is 5.21. The average Bonchev–Trinajstić information content (AvgIpc) is 3.30. The van der Waals surface area contributed by atoms with Crippen molar-refractivity contribution in [2.24, 2.45) is 5.92 Å². The molecule has 0 spiro atoms. The Labute approximate surface area is 182 Å². The van der Waals surface area contributed by atoms with Crippen LogP contribution >= 0.6 is 0 Å². The van der Waals surface area contributed by atoms with Gasteiger partial charge in [-0.2, -0.15) is 5.10 Å². The normalized spacial score (nSPS) is 17.6. The van der Waals surface area contributed by atoms with Gasteiger partial charge in [0.15, 0.2) is 11.4 Å². The number of carbonyl (C=O) groups excluding carboxylic acids is 2. The van der Waals surface area contributed by atoms with Gasteiger partial charge in [0.25, 0.3) is 0 Å². The molecule has 0 radical (unpaired) electrons. The molecular weight excluding hydrogens is 411 g/mol. The number of hydrogen-bond donors (Lipinski definition) is 1. The first-order valence-corrected chi connectivity index (χ1v) is 10.5. The second kappa shape index (κ2) is 7.74. The molecule has 0 aromatic carbocycles. The molecule has 4 aromatic heterocycles. The molecule has 162 valence electrons. The topological polar surface area (TPSA) is 102 Å². The van der Waals surface area contributed by atoms with Crippen LogP contribution in [-0.4, -0.2) is 42.4 Å². The fraction of sp³-hybridized carbons (Fsp3) is 0.304. The smallest absolute Gasteiger partial charge is 0.231 e. The van der Waals surface area contributed by atoms with Crippen molar-refractivity contribution in [2.75, 3.05) is 5.32 Å². The number of alkyl halides is 1. The zero-order chi connectivity index (χ0) is 22.4. The van der Waals surface area contributed by atoms with E-state index < -0.39 is 12.1 Å². The quantitative estimate of drug-likeness (QED) is 0.463. The number of rotatable bonds is 6. The maximum atomic E-state index is 13.2. The van der Waals surface area contributed by atoms with Gasteiger partial charge in [0.1, 0.15) is 24.0 Å². The second-order valence-corrected chi connectivity index (χ2v) is 8.09. The molecule has 1 aliphatic rings. The van der Waals surface area contributed by atoms with Crippen molar-refractivity contribution in [1.29, 1.82) is 0 Å². The lowest BCUT2D eigenvalue weighted by molar-refractivity contribution is -0.117. The third-order valence-electron chi connectivity index (χ3n) is 5.69. The van der Waals surface area contributed by atoms with Crippen LogP contribution in [0.25, 0.3) is 27.7 Å². The minimum Gasteiger partial charge on any atom is -0.310 e. The van der Waals surface area contributed by atoms with E-state index in [2.05, 4.69) is 25.4 Å². The lowest BCUT2D eigenvalue weighted by Crippen LogP contribution is -2.16. The molecule has 4 heterocycles. The number of nitrogens with one attached hydrogen (secondary N) is 1. The number of amides is 1. The van der Waals surface area contributed by atoms with E-state index in [4.69, 9.17) is 0 Å². The monoisotopic (exact) mass is 432 g/mol. The van der Waals surface area contributed by atoms with Gasteiger partial charge in [-0.25, -0.2) is 18.9 Å². The van der Waals surface area contributed by atoms with E-state index in [1.807, 2.05) is 19.9 Å². The number of Topliss-reactive ketones (excluding diaryl/α,β-unsaturated/α-hetero) is 1. The Kier molecular flexibility index (Phi) is 4.88. The number of fused-ring (bicyclic) bond motifs is 3. The van der Waals surface area contributed by atoms with Gasteiger partial charge in [-0.15, -0.1) is 0 Å². The number of anilines is 1. The first kappa shape index (κ1) is 20.2. The SMILES string of the molecule is CCCC(=O)c1cc(C)c(-c2cc3cnc(NC(=O)[C@H]4C[C@H]4F)cc3n3ncnc23)cn1. The number of ketones is 1. The maximum Gasteiger partial charge on any atom is 0.231 e. The fourth-order valence-electron chi connectivity index (χ4n) is 3.84. The van der Waals surface area contributed by atoms with Crippen molar-refractivity contribution in [3.8, 4) is 11.1 Å². The molecule has 1 aliphatic carbocycles. The number of aryl methyl sites for hydroxylation is 1. The van der Waals surface area contributed by atoms with E-state index in [1.165, 1.54) is 6.33 Å². The summed E-state index contributed by atoms with van der Waals surface area (Å²) in [5.41, 5.74) is 4.35. The summed E-state index contributed by atoms with van der Waals surface area (Å²) < 4.78 is 14.8. The summed E-state index contributed by atoms with van der Waals surface area (Å²) >= 11 is 0. The number of carbonyl (C=O) groups is 2. The van der Waals surface area contributed by atoms with Crippen molar-refractivity contribution < 1.29 is 14.0 Å². The van der Waals surface area contributed by atoms with Crippen LogP contribution in [0.2, 0.25) is 0 Å². The second-order valence-electron chi connectivity index (χ2n) is 8.09. The largest absolute Gasteiger partial charge is 0.310 e. The molecule has 4 aromatic rings. The van der Waals surface area contributed by atoms with Crippen molar-refractivity contribution in [3.63, 3.8) is 0 Å². The third-order valence-corrected chi connectivity index (χ3v) is 5.69. The summed E-state index contributed by atoms with van der Waals surface area (Å²) in [5.74, 6) is -0.598. The summed E-state index contributed by atoms with van der Waals surface area (Å²) in [5, 5.41) is 7.80. The van der Waals surface area contributed by atoms with Gasteiger partial charge in [0.05, 0.1) is 11.4 Å². The molecule has 0 bridgehead atoms. The van der Waals surface area contributed by atoms with Gasteiger partial charge in [0, 0.05) is 41.4 Å². The zero-order valence-corrected chi connectivity index (χ0v) is 17.7. The van der Waals surface area contributed by atoms with Gasteiger partial charge in [-0.05, 0) is 37.5 Å². The maximum absolute atomic E-state index is 13.2. The number of pyridine rings is 3. The minimum absolute atomic E-state index is 0.0253. The van der Waals surface area contributed by atoms with Gasteiger partial charge in [-0.3, -0.25) is 14.6 Å². The van der Waals surface area contributed by atoms with Crippen LogP contribution in [-0.2, 0) is 4.79 Å². The Hall–Kier alpha value is -3.75. The van der Waals surface area contributed by atoms with Gasteiger partial charge in [-0.1, -0.05) is 6.92 Å². The van der Waals surface area contributed by atoms with Crippen molar-refractivity contribution in [3.05, 3.63) is 48.2 Å². The Balaban J connectivity index is 1.56. The van der Waals surface area contributed by atoms with Crippen LogP contribution in [0.4, 0.5) is 10.2 Å². The average molecular weight is 432 g/mol. The van der Waals surface area contributed by atoms with E-state index in [1.54, 1.807) is 29.0 Å². The molecule has 32 heavy (non-hydrogen) atoms. The molecule has 0 unspecified atom stereocenters. The Morgan fingerprint density at radius 3 is 2.69 bits per heavy atom. The van der Waals surface area contributed by atoms with Gasteiger partial charge < -0.3 is 5.32 Å². The lowest BCUT2D eigenvalue weighted by atomic mass is 10.0. The van der Waals surface area contributed by atoms with Crippen LogP contribution in [0.1, 0.15) is 42.2 Å². The highest BCUT2D eigenvalue weighted by Crippen LogP contribution is 2.35. The lowest BCUT2D eigenvalue weighted by Gasteiger charge is -2.11. The van der Waals surface area contributed by atoms with Gasteiger partial charge in [0.2, 0.25) is 5.91 Å². The molecule has 8 nitrogen and oxygen atoms in total. The number of aromatic nitrogens is 5. The molecule has 1 fully saturated rings. The Morgan fingerprint density at radius 1 is 1.16 bits per heavy atom. The fourth-order valence-corrected chi connectivity index (χ4v) is 3.84. The first-order valence-electron chi connectivity index (χ1n) is 10.5. The molecule has 0 saturated heterocycles. The highest BCUT2D eigenvalue weighted by molar-refractivity contribution is 5.98. The molecule has 9 heteroatoms. The van der Waals surface area contributed by atoms with Crippen molar-refractivity contribution in [2.45, 2.75) is 39.3 Å². The van der Waals surface area contributed by atoms with Crippen LogP contribution < -0.4 is 5.32 Å². The molecule has 5 rings (SSSR count). The Morgan fingerprint density at radius 2 is 1.97 bits per heavy atom. The highest BCUT2D eigenvalue weighted by atomic mass is 19.1. The van der Waals surface area contributed by atoms with Gasteiger partial charge >= 0.3 is 0 Å². The van der Waals surface area contributed by atoms with Crippen LogP contribution in [0.3, 0.4) is 0 Å². The Bertz CT molecular complexity index is 1380. The standard InChI is InChI=1S/C23H21FN6O2/c1-3-4-20(31)18-5-12(2)16(10-25-18)14-6-13-9-26-21(29-23(32)15-7-17(15)24)8-19(13)30-22(14)27-11-28-30/h5-6,8-11,15,17H,3-4,7H2,1-2H3,(H,26,29,32)/t15-,17+/m0/s1. The molecular formula is C23H21FN6O2.